The van der Waals surface area contributed by atoms with Gasteiger partial charge in [0, 0.05) is 43.4 Å². The van der Waals surface area contributed by atoms with Crippen molar-refractivity contribution in [2.24, 2.45) is 0 Å². The molecule has 158 valence electrons. The molecular weight excluding hydrogens is 386 g/mol. The van der Waals surface area contributed by atoms with Gasteiger partial charge in [-0.15, -0.1) is 0 Å². The number of nitro benzene ring substituents is 1. The van der Waals surface area contributed by atoms with Crippen LogP contribution in [0.15, 0.2) is 48.5 Å². The number of amides is 1. The first kappa shape index (κ1) is 21.3. The topological polar surface area (TPSA) is 93.0 Å². The number of benzene rings is 2. The molecule has 0 radical (unpaired) electrons. The Morgan fingerprint density at radius 1 is 0.967 bits per heavy atom. The zero-order chi connectivity index (χ0) is 21.9. The van der Waals surface area contributed by atoms with Crippen LogP contribution in [0.4, 0.5) is 16.2 Å². The van der Waals surface area contributed by atoms with Gasteiger partial charge in [0.2, 0.25) is 0 Å². The summed E-state index contributed by atoms with van der Waals surface area (Å²) in [7, 11) is 0. The number of hydrogen-bond acceptors (Lipinski definition) is 6. The Kier molecular flexibility index (Phi) is 6.05. The standard InChI is InChI=1S/C22H25N3O5/c1-22(2,3)30-21(27)24-13-11-23(12-14-24)18-10-9-17(15-19(18)25(28)29)20(26)16-7-5-4-6-8-16/h4-10,15H,11-14H2,1-3H3. The van der Waals surface area contributed by atoms with Crippen molar-refractivity contribution in [1.29, 1.82) is 0 Å². The van der Waals surface area contributed by atoms with E-state index in [0.717, 1.165) is 0 Å². The molecule has 3 rings (SSSR count). The molecule has 0 spiro atoms. The molecule has 0 saturated carbocycles. The summed E-state index contributed by atoms with van der Waals surface area (Å²) in [4.78, 5) is 39.5. The minimum absolute atomic E-state index is 0.123. The van der Waals surface area contributed by atoms with Gasteiger partial charge in [-0.05, 0) is 32.9 Å². The van der Waals surface area contributed by atoms with E-state index in [1.165, 1.54) is 6.07 Å². The molecule has 1 saturated heterocycles. The summed E-state index contributed by atoms with van der Waals surface area (Å²) in [6.45, 7) is 7.10. The number of ether oxygens (including phenoxy) is 1. The van der Waals surface area contributed by atoms with Gasteiger partial charge in [0.15, 0.2) is 5.78 Å². The fourth-order valence-electron chi connectivity index (χ4n) is 3.29. The lowest BCUT2D eigenvalue weighted by molar-refractivity contribution is -0.384. The maximum atomic E-state index is 12.6. The van der Waals surface area contributed by atoms with E-state index in [0.29, 0.717) is 37.4 Å². The molecule has 30 heavy (non-hydrogen) atoms. The first-order chi connectivity index (χ1) is 14.2. The Morgan fingerprint density at radius 3 is 2.17 bits per heavy atom. The van der Waals surface area contributed by atoms with Crippen molar-refractivity contribution in [3.63, 3.8) is 0 Å². The van der Waals surface area contributed by atoms with Crippen LogP contribution >= 0.6 is 0 Å². The zero-order valence-corrected chi connectivity index (χ0v) is 17.3. The number of rotatable bonds is 4. The van der Waals surface area contributed by atoms with Crippen molar-refractivity contribution in [3.05, 3.63) is 69.8 Å². The lowest BCUT2D eigenvalue weighted by Gasteiger charge is -2.36. The van der Waals surface area contributed by atoms with Gasteiger partial charge in [0.1, 0.15) is 11.3 Å². The van der Waals surface area contributed by atoms with Crippen LogP contribution in [0, 0.1) is 10.1 Å². The van der Waals surface area contributed by atoms with Gasteiger partial charge in [-0.1, -0.05) is 30.3 Å². The summed E-state index contributed by atoms with van der Waals surface area (Å²) >= 11 is 0. The summed E-state index contributed by atoms with van der Waals surface area (Å²) in [5.74, 6) is -0.264. The van der Waals surface area contributed by atoms with Gasteiger partial charge in [0.05, 0.1) is 4.92 Å². The first-order valence-electron chi connectivity index (χ1n) is 9.77. The van der Waals surface area contributed by atoms with Crippen molar-refractivity contribution in [2.45, 2.75) is 26.4 Å². The van der Waals surface area contributed by atoms with Crippen LogP contribution in [0.1, 0.15) is 36.7 Å². The predicted octanol–water partition coefficient (Wildman–Crippen LogP) is 3.88. The number of nitro groups is 1. The molecule has 0 bridgehead atoms. The van der Waals surface area contributed by atoms with Crippen LogP contribution in [0.3, 0.4) is 0 Å². The van der Waals surface area contributed by atoms with Crippen LogP contribution in [0.25, 0.3) is 0 Å². The van der Waals surface area contributed by atoms with E-state index in [-0.39, 0.29) is 23.1 Å². The van der Waals surface area contributed by atoms with Gasteiger partial charge >= 0.3 is 6.09 Å². The van der Waals surface area contributed by atoms with Gasteiger partial charge < -0.3 is 14.5 Å². The highest BCUT2D eigenvalue weighted by atomic mass is 16.6. The SMILES string of the molecule is CC(C)(C)OC(=O)N1CCN(c2ccc(C(=O)c3ccccc3)cc2[N+](=O)[O-])CC1. The first-order valence-corrected chi connectivity index (χ1v) is 9.77. The smallest absolute Gasteiger partial charge is 0.410 e. The Balaban J connectivity index is 1.76. The van der Waals surface area contributed by atoms with Crippen molar-refractivity contribution in [1.82, 2.24) is 4.90 Å². The van der Waals surface area contributed by atoms with Crippen LogP contribution in [0.2, 0.25) is 0 Å². The summed E-state index contributed by atoms with van der Waals surface area (Å²) in [6, 6.07) is 13.2. The zero-order valence-electron chi connectivity index (χ0n) is 17.3. The maximum absolute atomic E-state index is 12.6. The van der Waals surface area contributed by atoms with E-state index in [1.54, 1.807) is 47.4 Å². The number of carbonyl (C=O) groups excluding carboxylic acids is 2. The Hall–Kier alpha value is -3.42. The molecule has 2 aromatic carbocycles. The van der Waals surface area contributed by atoms with Crippen LogP contribution < -0.4 is 4.90 Å². The number of nitrogens with zero attached hydrogens (tertiary/aromatic N) is 3. The van der Waals surface area contributed by atoms with Gasteiger partial charge in [-0.2, -0.15) is 0 Å². The minimum atomic E-state index is -0.575. The summed E-state index contributed by atoms with van der Waals surface area (Å²) < 4.78 is 5.39. The molecule has 2 aromatic rings. The van der Waals surface area contributed by atoms with Crippen molar-refractivity contribution >= 4 is 23.3 Å². The summed E-state index contributed by atoms with van der Waals surface area (Å²) in [5.41, 5.74) is 0.485. The molecule has 8 nitrogen and oxygen atoms in total. The number of anilines is 1. The van der Waals surface area contributed by atoms with E-state index in [9.17, 15) is 19.7 Å². The fourth-order valence-corrected chi connectivity index (χ4v) is 3.29. The normalized spacial score (nSPS) is 14.4. The third-order valence-corrected chi connectivity index (χ3v) is 4.74. The van der Waals surface area contributed by atoms with Gasteiger partial charge in [-0.3, -0.25) is 14.9 Å². The Morgan fingerprint density at radius 2 is 1.60 bits per heavy atom. The summed E-state index contributed by atoms with van der Waals surface area (Å²) in [6.07, 6.45) is -0.388. The fraction of sp³-hybridized carbons (Fsp3) is 0.364. The third kappa shape index (κ3) is 4.94. The third-order valence-electron chi connectivity index (χ3n) is 4.74. The minimum Gasteiger partial charge on any atom is -0.444 e. The quantitative estimate of drug-likeness (QED) is 0.431. The molecule has 1 aliphatic heterocycles. The summed E-state index contributed by atoms with van der Waals surface area (Å²) in [5, 5.41) is 11.7. The average molecular weight is 411 g/mol. The van der Waals surface area contributed by atoms with E-state index < -0.39 is 10.5 Å². The second-order valence-corrected chi connectivity index (χ2v) is 8.11. The molecular formula is C22H25N3O5. The Labute approximate surface area is 175 Å². The van der Waals surface area contributed by atoms with Crippen molar-refractivity contribution in [3.8, 4) is 0 Å². The molecule has 1 aliphatic rings. The maximum Gasteiger partial charge on any atom is 0.410 e. The molecule has 0 unspecified atom stereocenters. The highest BCUT2D eigenvalue weighted by Gasteiger charge is 2.29. The highest BCUT2D eigenvalue weighted by Crippen LogP contribution is 2.31. The lowest BCUT2D eigenvalue weighted by atomic mass is 10.0. The average Bonchev–Trinajstić information content (AvgIpc) is 2.72. The molecule has 0 aromatic heterocycles. The van der Waals surface area contributed by atoms with Crippen molar-refractivity contribution < 1.29 is 19.2 Å². The van der Waals surface area contributed by atoms with Crippen molar-refractivity contribution in [2.75, 3.05) is 31.1 Å². The van der Waals surface area contributed by atoms with Crippen LogP contribution in [-0.4, -0.2) is 53.5 Å². The predicted molar refractivity (Wildman–Crippen MR) is 113 cm³/mol. The second kappa shape index (κ2) is 8.52. The van der Waals surface area contributed by atoms with Gasteiger partial charge in [0.25, 0.3) is 5.69 Å². The van der Waals surface area contributed by atoms with E-state index in [2.05, 4.69) is 0 Å². The number of ketones is 1. The number of carbonyl (C=O) groups is 2. The Bertz CT molecular complexity index is 945. The molecule has 1 fully saturated rings. The molecule has 0 aliphatic carbocycles. The molecule has 8 heteroatoms. The molecule has 1 amide bonds. The molecule has 0 N–H and O–H groups in total. The lowest BCUT2D eigenvalue weighted by Crippen LogP contribution is -2.50. The second-order valence-electron chi connectivity index (χ2n) is 8.11. The molecule has 1 heterocycles. The van der Waals surface area contributed by atoms with Gasteiger partial charge in [-0.25, -0.2) is 4.79 Å². The van der Waals surface area contributed by atoms with E-state index >= 15 is 0 Å². The largest absolute Gasteiger partial charge is 0.444 e. The number of piperazine rings is 1. The van der Waals surface area contributed by atoms with E-state index in [1.807, 2.05) is 25.7 Å². The monoisotopic (exact) mass is 411 g/mol. The van der Waals surface area contributed by atoms with Crippen LogP contribution in [-0.2, 0) is 4.74 Å². The van der Waals surface area contributed by atoms with Crippen LogP contribution in [0.5, 0.6) is 0 Å². The molecule has 0 atom stereocenters. The number of hydrogen-bond donors (Lipinski definition) is 0. The highest BCUT2D eigenvalue weighted by molar-refractivity contribution is 6.09. The van der Waals surface area contributed by atoms with E-state index in [4.69, 9.17) is 4.74 Å².